The van der Waals surface area contributed by atoms with Gasteiger partial charge in [-0.05, 0) is 17.7 Å². The number of hydrogen-bond donors (Lipinski definition) is 2. The van der Waals surface area contributed by atoms with E-state index in [2.05, 4.69) is 25.9 Å². The monoisotopic (exact) mass is 264 g/mol. The van der Waals surface area contributed by atoms with E-state index in [0.29, 0.717) is 5.82 Å². The van der Waals surface area contributed by atoms with Crippen LogP contribution in [0.1, 0.15) is 0 Å². The maximum atomic E-state index is 5.75. The van der Waals surface area contributed by atoms with Gasteiger partial charge in [0.15, 0.2) is 0 Å². The average Bonchev–Trinajstić information content (AvgIpc) is 2.20. The second-order valence-corrected chi connectivity index (χ2v) is 3.95. The van der Waals surface area contributed by atoms with E-state index in [1.165, 1.54) is 0 Å². The Labute approximate surface area is 95.5 Å². The van der Waals surface area contributed by atoms with Gasteiger partial charge in [-0.15, -0.1) is 0 Å². The predicted molar refractivity (Wildman–Crippen MR) is 64.0 cm³/mol. The van der Waals surface area contributed by atoms with Gasteiger partial charge in [-0.3, -0.25) is 0 Å². The minimum atomic E-state index is 0.188. The van der Waals surface area contributed by atoms with Gasteiger partial charge in [-0.25, -0.2) is 4.98 Å². The van der Waals surface area contributed by atoms with E-state index in [1.807, 2.05) is 24.3 Å². The van der Waals surface area contributed by atoms with Crippen molar-refractivity contribution in [2.45, 2.75) is 0 Å². The number of anilines is 2. The third-order valence-electron chi connectivity index (χ3n) is 1.99. The van der Waals surface area contributed by atoms with Crippen LogP contribution in [0, 0.1) is 0 Å². The van der Waals surface area contributed by atoms with Gasteiger partial charge in [0.2, 0.25) is 5.95 Å². The molecule has 1 aromatic heterocycles. The molecule has 15 heavy (non-hydrogen) atoms. The third kappa shape index (κ3) is 2.07. The number of aromatic nitrogens is 2. The van der Waals surface area contributed by atoms with Crippen LogP contribution in [-0.2, 0) is 0 Å². The van der Waals surface area contributed by atoms with Gasteiger partial charge in [0.25, 0.3) is 0 Å². The van der Waals surface area contributed by atoms with Crippen molar-refractivity contribution in [3.05, 3.63) is 34.9 Å². The van der Waals surface area contributed by atoms with Crippen molar-refractivity contribution >= 4 is 27.7 Å². The highest BCUT2D eigenvalue weighted by molar-refractivity contribution is 9.10. The molecule has 0 aliphatic carbocycles. The Hall–Kier alpha value is -1.62. The lowest BCUT2D eigenvalue weighted by atomic mass is 10.1. The first kappa shape index (κ1) is 9.92. The molecule has 2 aromatic rings. The summed E-state index contributed by atoms with van der Waals surface area (Å²) in [4.78, 5) is 7.82. The molecule has 0 atom stereocenters. The Morgan fingerprint density at radius 2 is 1.73 bits per heavy atom. The molecule has 0 amide bonds. The highest BCUT2D eigenvalue weighted by Crippen LogP contribution is 2.25. The maximum Gasteiger partial charge on any atom is 0.221 e. The summed E-state index contributed by atoms with van der Waals surface area (Å²) in [5.41, 5.74) is 12.9. The molecule has 0 spiro atoms. The molecule has 0 aliphatic rings. The summed E-state index contributed by atoms with van der Waals surface area (Å²) in [6.45, 7) is 0. The van der Waals surface area contributed by atoms with Crippen LogP contribution in [0.3, 0.4) is 0 Å². The highest BCUT2D eigenvalue weighted by atomic mass is 79.9. The molecule has 0 fully saturated rings. The number of benzene rings is 1. The van der Waals surface area contributed by atoms with Crippen LogP contribution in [-0.4, -0.2) is 9.97 Å². The summed E-state index contributed by atoms with van der Waals surface area (Å²) in [6, 6.07) is 7.75. The Morgan fingerprint density at radius 1 is 1.07 bits per heavy atom. The first-order valence-electron chi connectivity index (χ1n) is 4.31. The molecule has 0 radical (unpaired) electrons. The molecular formula is C10H9BrN4. The fourth-order valence-electron chi connectivity index (χ4n) is 1.26. The molecule has 1 aromatic carbocycles. The fourth-order valence-corrected chi connectivity index (χ4v) is 1.53. The summed E-state index contributed by atoms with van der Waals surface area (Å²) in [5.74, 6) is 0.582. The minimum absolute atomic E-state index is 0.188. The van der Waals surface area contributed by atoms with Crippen molar-refractivity contribution in [3.8, 4) is 11.1 Å². The number of rotatable bonds is 1. The van der Waals surface area contributed by atoms with E-state index < -0.39 is 0 Å². The fraction of sp³-hybridized carbons (Fsp3) is 0. The van der Waals surface area contributed by atoms with Crippen molar-refractivity contribution in [2.24, 2.45) is 0 Å². The van der Waals surface area contributed by atoms with Crippen molar-refractivity contribution in [1.29, 1.82) is 0 Å². The molecule has 0 aliphatic heterocycles. The molecule has 0 unspecified atom stereocenters. The molecule has 76 valence electrons. The Bertz CT molecular complexity index is 481. The van der Waals surface area contributed by atoms with Crippen LogP contribution in [0.5, 0.6) is 0 Å². The number of nitrogen functional groups attached to an aromatic ring is 2. The summed E-state index contributed by atoms with van der Waals surface area (Å²) in [7, 11) is 0. The molecule has 4 nitrogen and oxygen atoms in total. The van der Waals surface area contributed by atoms with Gasteiger partial charge in [-0.1, -0.05) is 28.1 Å². The average molecular weight is 265 g/mol. The molecular weight excluding hydrogens is 256 g/mol. The highest BCUT2D eigenvalue weighted by Gasteiger charge is 2.04. The SMILES string of the molecule is Nc1ncc(-c2ccc(Br)cc2)c(N)n1. The van der Waals surface area contributed by atoms with Crippen LogP contribution < -0.4 is 11.5 Å². The summed E-state index contributed by atoms with van der Waals surface area (Å²) in [5, 5.41) is 0. The first-order valence-corrected chi connectivity index (χ1v) is 5.10. The van der Waals surface area contributed by atoms with Crippen molar-refractivity contribution in [3.63, 3.8) is 0 Å². The molecule has 0 saturated heterocycles. The third-order valence-corrected chi connectivity index (χ3v) is 2.52. The zero-order chi connectivity index (χ0) is 10.8. The molecule has 2 rings (SSSR count). The van der Waals surface area contributed by atoms with E-state index in [0.717, 1.165) is 15.6 Å². The van der Waals surface area contributed by atoms with E-state index in [9.17, 15) is 0 Å². The lowest BCUT2D eigenvalue weighted by Crippen LogP contribution is -2.00. The first-order chi connectivity index (χ1) is 7.16. The smallest absolute Gasteiger partial charge is 0.221 e. The van der Waals surface area contributed by atoms with Gasteiger partial charge in [0, 0.05) is 16.2 Å². The second-order valence-electron chi connectivity index (χ2n) is 3.03. The summed E-state index contributed by atoms with van der Waals surface area (Å²) >= 11 is 3.37. The zero-order valence-electron chi connectivity index (χ0n) is 7.81. The van der Waals surface area contributed by atoms with Crippen molar-refractivity contribution in [2.75, 3.05) is 11.5 Å². The topological polar surface area (TPSA) is 77.8 Å². The number of nitrogens with zero attached hydrogens (tertiary/aromatic N) is 2. The quantitative estimate of drug-likeness (QED) is 0.827. The van der Waals surface area contributed by atoms with Crippen LogP contribution in [0.4, 0.5) is 11.8 Å². The molecule has 0 bridgehead atoms. The van der Waals surface area contributed by atoms with Gasteiger partial charge in [0.1, 0.15) is 5.82 Å². The van der Waals surface area contributed by atoms with Crippen LogP contribution in [0.25, 0.3) is 11.1 Å². The second kappa shape index (κ2) is 3.86. The normalized spacial score (nSPS) is 10.2. The van der Waals surface area contributed by atoms with Crippen LogP contribution in [0.2, 0.25) is 0 Å². The molecule has 5 heteroatoms. The largest absolute Gasteiger partial charge is 0.383 e. The van der Waals surface area contributed by atoms with E-state index in [-0.39, 0.29) is 5.95 Å². The molecule has 4 N–H and O–H groups in total. The van der Waals surface area contributed by atoms with Crippen LogP contribution in [0.15, 0.2) is 34.9 Å². The number of nitrogens with two attached hydrogens (primary N) is 2. The lowest BCUT2D eigenvalue weighted by Gasteiger charge is -2.04. The summed E-state index contributed by atoms with van der Waals surface area (Å²) < 4.78 is 1.01. The molecule has 0 saturated carbocycles. The van der Waals surface area contributed by atoms with Gasteiger partial charge in [-0.2, -0.15) is 4.98 Å². The standard InChI is InChI=1S/C10H9BrN4/c11-7-3-1-6(2-4-7)8-5-14-10(13)15-9(8)12/h1-5H,(H4,12,13,14,15). The Morgan fingerprint density at radius 3 is 2.33 bits per heavy atom. The van der Waals surface area contributed by atoms with Gasteiger partial charge < -0.3 is 11.5 Å². The van der Waals surface area contributed by atoms with Gasteiger partial charge in [0.05, 0.1) is 0 Å². The predicted octanol–water partition coefficient (Wildman–Crippen LogP) is 2.07. The zero-order valence-corrected chi connectivity index (χ0v) is 9.40. The molecule has 1 heterocycles. The maximum absolute atomic E-state index is 5.75. The van der Waals surface area contributed by atoms with E-state index in [1.54, 1.807) is 6.20 Å². The van der Waals surface area contributed by atoms with E-state index >= 15 is 0 Å². The van der Waals surface area contributed by atoms with Gasteiger partial charge >= 0.3 is 0 Å². The minimum Gasteiger partial charge on any atom is -0.383 e. The number of halogens is 1. The number of hydrogen-bond acceptors (Lipinski definition) is 4. The van der Waals surface area contributed by atoms with Crippen molar-refractivity contribution < 1.29 is 0 Å². The summed E-state index contributed by atoms with van der Waals surface area (Å²) in [6.07, 6.45) is 1.63. The Balaban J connectivity index is 2.49. The van der Waals surface area contributed by atoms with Crippen LogP contribution >= 0.6 is 15.9 Å². The lowest BCUT2D eigenvalue weighted by molar-refractivity contribution is 1.20. The van der Waals surface area contributed by atoms with E-state index in [4.69, 9.17) is 11.5 Å². The van der Waals surface area contributed by atoms with Crippen molar-refractivity contribution in [1.82, 2.24) is 9.97 Å². The Kier molecular flexibility index (Phi) is 2.55.